The minimum atomic E-state index is -1.28. The Morgan fingerprint density at radius 1 is 1.08 bits per heavy atom. The summed E-state index contributed by atoms with van der Waals surface area (Å²) >= 11 is 0. The molecule has 1 N–H and O–H groups in total. The molecule has 0 unspecified atom stereocenters. The molecule has 10 heteroatoms. The van der Waals surface area contributed by atoms with Crippen molar-refractivity contribution in [1.29, 1.82) is 0 Å². The van der Waals surface area contributed by atoms with Crippen LogP contribution in [0.4, 0.5) is 5.69 Å². The second-order valence-corrected chi connectivity index (χ2v) is 13.7. The van der Waals surface area contributed by atoms with Crippen LogP contribution in [0.15, 0.2) is 73.8 Å². The first-order valence-corrected chi connectivity index (χ1v) is 17.1. The molecular formula is C39H49N3O7. The van der Waals surface area contributed by atoms with Gasteiger partial charge in [-0.15, -0.1) is 13.2 Å². The number of hydrogen-bond acceptors (Lipinski definition) is 7. The molecule has 49 heavy (non-hydrogen) atoms. The summed E-state index contributed by atoms with van der Waals surface area (Å²) in [5.74, 6) is -3.44. The van der Waals surface area contributed by atoms with E-state index in [0.717, 1.165) is 16.8 Å². The first kappa shape index (κ1) is 36.0. The molecule has 3 aliphatic heterocycles. The molecule has 5 rings (SSSR count). The van der Waals surface area contributed by atoms with E-state index in [4.69, 9.17) is 9.47 Å². The Balaban J connectivity index is 1.51. The van der Waals surface area contributed by atoms with Gasteiger partial charge in [-0.25, -0.2) is 0 Å². The van der Waals surface area contributed by atoms with E-state index in [9.17, 15) is 24.3 Å². The van der Waals surface area contributed by atoms with Gasteiger partial charge in [-0.05, 0) is 63.6 Å². The van der Waals surface area contributed by atoms with Crippen molar-refractivity contribution in [2.24, 2.45) is 11.8 Å². The maximum absolute atomic E-state index is 14.8. The van der Waals surface area contributed by atoms with E-state index in [0.29, 0.717) is 24.8 Å². The smallest absolute Gasteiger partial charge is 0.313 e. The summed E-state index contributed by atoms with van der Waals surface area (Å²) < 4.78 is 13.0. The highest BCUT2D eigenvalue weighted by Crippen LogP contribution is 2.59. The van der Waals surface area contributed by atoms with Crippen LogP contribution in [-0.2, 0) is 28.7 Å². The average molecular weight is 672 g/mol. The molecule has 0 aliphatic carbocycles. The van der Waals surface area contributed by atoms with Gasteiger partial charge in [-0.2, -0.15) is 0 Å². The number of anilines is 1. The number of hydrogen-bond donors (Lipinski definition) is 1. The number of aliphatic hydroxyl groups is 1. The maximum Gasteiger partial charge on any atom is 0.313 e. The summed E-state index contributed by atoms with van der Waals surface area (Å²) in [6, 6.07) is 12.7. The monoisotopic (exact) mass is 671 g/mol. The van der Waals surface area contributed by atoms with Crippen LogP contribution < -0.4 is 4.90 Å². The zero-order chi connectivity index (χ0) is 35.6. The number of allylic oxidation sites excluding steroid dienone is 1. The lowest BCUT2D eigenvalue weighted by Crippen LogP contribution is -2.58. The molecule has 10 nitrogen and oxygen atoms in total. The highest BCUT2D eigenvalue weighted by Gasteiger charge is 2.75. The van der Waals surface area contributed by atoms with Crippen LogP contribution in [0, 0.1) is 25.7 Å². The number of nitrogens with zero attached hydrogens (tertiary/aromatic N) is 3. The zero-order valence-corrected chi connectivity index (χ0v) is 29.2. The highest BCUT2D eigenvalue weighted by molar-refractivity contribution is 6.05. The van der Waals surface area contributed by atoms with Crippen molar-refractivity contribution in [1.82, 2.24) is 9.80 Å². The molecule has 262 valence electrons. The van der Waals surface area contributed by atoms with E-state index >= 15 is 0 Å². The van der Waals surface area contributed by atoms with Crippen molar-refractivity contribution in [2.45, 2.75) is 89.3 Å². The third-order valence-corrected chi connectivity index (χ3v) is 10.6. The summed E-state index contributed by atoms with van der Waals surface area (Å²) in [5.41, 5.74) is 1.93. The summed E-state index contributed by atoms with van der Waals surface area (Å²) in [6.07, 6.45) is 3.54. The number of benzene rings is 2. The topological polar surface area (TPSA) is 117 Å². The Morgan fingerprint density at radius 3 is 2.37 bits per heavy atom. The number of carbonyl (C=O) groups excluding carboxylic acids is 4. The van der Waals surface area contributed by atoms with Crippen molar-refractivity contribution in [2.75, 3.05) is 25.1 Å². The molecule has 2 aromatic carbocycles. The normalized spacial score (nSPS) is 25.7. The number of para-hydroxylation sites is 1. The third-order valence-electron chi connectivity index (χ3n) is 10.6. The zero-order valence-electron chi connectivity index (χ0n) is 29.2. The summed E-state index contributed by atoms with van der Waals surface area (Å²) in [6.45, 7) is 14.8. The number of esters is 1. The van der Waals surface area contributed by atoms with Gasteiger partial charge in [0, 0.05) is 25.7 Å². The quantitative estimate of drug-likeness (QED) is 0.229. The lowest BCUT2D eigenvalue weighted by molar-refractivity contribution is -0.165. The van der Waals surface area contributed by atoms with Crippen molar-refractivity contribution in [3.8, 4) is 0 Å². The van der Waals surface area contributed by atoms with Gasteiger partial charge in [-0.3, -0.25) is 19.2 Å². The van der Waals surface area contributed by atoms with E-state index in [-0.39, 0.29) is 31.4 Å². The standard InChI is InChI=1S/C39H49N3O7/c1-8-10-19-30(44)40(7)27(6)34(28-17-12-11-13-18-28)48-38(47)31-29-20-21-39(49-29)32(31)36(45)42(26(5)23-43)35(39)37(46)41(22-9-2)33-24(3)15-14-16-25(33)4/h8-9,11-18,26-27,29,31-32,34-35,43H,1-2,10,19-23H2,3-7H3/t26-,27+,29-,31+,32+,34-,35-,39+/m1/s1. The number of likely N-dealkylation sites (tertiary alicyclic amines) is 1. The Morgan fingerprint density at radius 2 is 1.76 bits per heavy atom. The van der Waals surface area contributed by atoms with Crippen LogP contribution >= 0.6 is 0 Å². The van der Waals surface area contributed by atoms with E-state index in [2.05, 4.69) is 13.2 Å². The molecule has 3 heterocycles. The number of ether oxygens (including phenoxy) is 2. The number of aliphatic hydroxyl groups excluding tert-OH is 1. The van der Waals surface area contributed by atoms with Crippen molar-refractivity contribution in [3.05, 3.63) is 90.5 Å². The number of likely N-dealkylation sites (N-methyl/N-ethyl adjacent to an activating group) is 1. The number of fused-ring (bicyclic) bond motifs is 1. The minimum Gasteiger partial charge on any atom is -0.455 e. The lowest BCUT2D eigenvalue weighted by Gasteiger charge is -2.39. The van der Waals surface area contributed by atoms with Crippen LogP contribution in [0.3, 0.4) is 0 Å². The second-order valence-electron chi connectivity index (χ2n) is 13.7. The van der Waals surface area contributed by atoms with Gasteiger partial charge < -0.3 is 29.3 Å². The molecule has 8 atom stereocenters. The third kappa shape index (κ3) is 6.32. The Hall–Kier alpha value is -4.28. The number of carbonyl (C=O) groups is 4. The fourth-order valence-electron chi connectivity index (χ4n) is 8.12. The Labute approximate surface area is 289 Å². The second kappa shape index (κ2) is 14.7. The van der Waals surface area contributed by atoms with Crippen LogP contribution in [0.2, 0.25) is 0 Å². The molecule has 2 bridgehead atoms. The maximum atomic E-state index is 14.8. The number of amides is 3. The molecule has 0 saturated carbocycles. The molecule has 3 fully saturated rings. The lowest BCUT2D eigenvalue weighted by atomic mass is 9.70. The van der Waals surface area contributed by atoms with Crippen LogP contribution in [0.5, 0.6) is 0 Å². The van der Waals surface area contributed by atoms with Crippen molar-refractivity contribution < 1.29 is 33.8 Å². The van der Waals surface area contributed by atoms with Gasteiger partial charge in [0.1, 0.15) is 17.7 Å². The summed E-state index contributed by atoms with van der Waals surface area (Å²) in [5, 5.41) is 10.3. The Bertz CT molecular complexity index is 1570. The molecule has 1 spiro atoms. The van der Waals surface area contributed by atoms with E-state index in [1.165, 1.54) is 4.90 Å². The minimum absolute atomic E-state index is 0.111. The number of rotatable bonds is 14. The fraction of sp³-hybridized carbons (Fsp3) is 0.487. The van der Waals surface area contributed by atoms with E-state index < -0.39 is 59.6 Å². The van der Waals surface area contributed by atoms with Crippen LogP contribution in [0.1, 0.15) is 62.3 Å². The molecule has 3 aliphatic rings. The first-order valence-electron chi connectivity index (χ1n) is 17.1. The van der Waals surface area contributed by atoms with Crippen molar-refractivity contribution in [3.63, 3.8) is 0 Å². The molecule has 2 aromatic rings. The molecule has 3 saturated heterocycles. The molecule has 0 aromatic heterocycles. The van der Waals surface area contributed by atoms with E-state index in [1.54, 1.807) is 35.9 Å². The average Bonchev–Trinajstić information content (AvgIpc) is 3.75. The fourth-order valence-corrected chi connectivity index (χ4v) is 8.12. The van der Waals surface area contributed by atoms with Crippen LogP contribution in [0.25, 0.3) is 0 Å². The van der Waals surface area contributed by atoms with Crippen molar-refractivity contribution >= 4 is 29.4 Å². The first-order chi connectivity index (χ1) is 23.4. The molecule has 3 amide bonds. The Kier molecular flexibility index (Phi) is 10.8. The number of aryl methyl sites for hydroxylation is 2. The van der Waals surface area contributed by atoms with Gasteiger partial charge in [0.2, 0.25) is 11.8 Å². The van der Waals surface area contributed by atoms with Gasteiger partial charge in [0.25, 0.3) is 5.91 Å². The van der Waals surface area contributed by atoms with Gasteiger partial charge in [0.05, 0.1) is 36.6 Å². The van der Waals surface area contributed by atoms with E-state index in [1.807, 2.05) is 69.3 Å². The van der Waals surface area contributed by atoms with Crippen LogP contribution in [-0.4, -0.2) is 88.6 Å². The largest absolute Gasteiger partial charge is 0.455 e. The molecule has 0 radical (unpaired) electrons. The molecular weight excluding hydrogens is 622 g/mol. The van der Waals surface area contributed by atoms with Gasteiger partial charge in [0.15, 0.2) is 0 Å². The summed E-state index contributed by atoms with van der Waals surface area (Å²) in [7, 11) is 1.69. The highest BCUT2D eigenvalue weighted by atomic mass is 16.6. The predicted molar refractivity (Wildman–Crippen MR) is 186 cm³/mol. The predicted octanol–water partition coefficient (Wildman–Crippen LogP) is 4.68. The SMILES string of the molecule is C=CCCC(=O)N(C)[C@@H](C)[C@@H](OC(=O)[C@@H]1[C@H]2C(=O)N([C@H](C)CO)[C@H](C(=O)N(CC=C)c3c(C)cccc3C)[C@]23CC[C@H]1O3)c1ccccc1. The van der Waals surface area contributed by atoms with Gasteiger partial charge in [-0.1, -0.05) is 60.7 Å². The summed E-state index contributed by atoms with van der Waals surface area (Å²) in [4.78, 5) is 61.4. The van der Waals surface area contributed by atoms with Gasteiger partial charge >= 0.3 is 5.97 Å².